The summed E-state index contributed by atoms with van der Waals surface area (Å²) in [5.41, 5.74) is 0. The summed E-state index contributed by atoms with van der Waals surface area (Å²) in [5.74, 6) is -3.50. The lowest BCUT2D eigenvalue weighted by molar-refractivity contribution is -0.143. The minimum Gasteiger partial charge on any atom is -0.481 e. The maximum absolute atomic E-state index is 10.2. The molecule has 0 aromatic heterocycles. The molecule has 0 aromatic rings. The van der Waals surface area contributed by atoms with E-state index in [1.807, 2.05) is 6.08 Å². The highest BCUT2D eigenvalue weighted by molar-refractivity contribution is 7.87. The third-order valence-electron chi connectivity index (χ3n) is 2.01. The molecule has 0 spiro atoms. The molecule has 1 atom stereocenters. The van der Waals surface area contributed by atoms with Crippen LogP contribution < -0.4 is 0 Å². The maximum Gasteiger partial charge on any atom is 0.325 e. The fraction of sp³-hybridized carbons (Fsp3) is 0.636. The largest absolute Gasteiger partial charge is 0.481 e. The summed E-state index contributed by atoms with van der Waals surface area (Å²) in [6, 6.07) is 0. The highest BCUT2D eigenvalue weighted by Gasteiger charge is 2.33. The Kier molecular flexibility index (Phi) is 11.0. The molecule has 3 N–H and O–H groups in total. The van der Waals surface area contributed by atoms with Crippen LogP contribution in [0.25, 0.3) is 0 Å². The lowest BCUT2D eigenvalue weighted by Gasteiger charge is -2.04. The summed E-state index contributed by atoms with van der Waals surface area (Å²) >= 11 is 0. The molecule has 0 aliphatic heterocycles. The topological polar surface area (TPSA) is 129 Å². The first-order valence-corrected chi connectivity index (χ1v) is 7.18. The molecule has 1 unspecified atom stereocenters. The Hall–Kier alpha value is -1.41. The van der Waals surface area contributed by atoms with E-state index in [2.05, 4.69) is 13.5 Å². The van der Waals surface area contributed by atoms with Crippen molar-refractivity contribution in [2.75, 3.05) is 0 Å². The molecule has 0 rings (SSSR count). The van der Waals surface area contributed by atoms with Gasteiger partial charge in [-0.15, -0.1) is 6.58 Å². The van der Waals surface area contributed by atoms with Crippen molar-refractivity contribution in [2.45, 2.75) is 44.3 Å². The Morgan fingerprint density at radius 3 is 2.00 bits per heavy atom. The fourth-order valence-corrected chi connectivity index (χ4v) is 1.63. The normalized spacial score (nSPS) is 11.9. The zero-order valence-corrected chi connectivity index (χ0v) is 11.6. The van der Waals surface area contributed by atoms with Gasteiger partial charge in [-0.3, -0.25) is 14.1 Å². The van der Waals surface area contributed by atoms with Gasteiger partial charge in [0.05, 0.1) is 6.42 Å². The molecule has 19 heavy (non-hydrogen) atoms. The van der Waals surface area contributed by atoms with Crippen molar-refractivity contribution in [1.29, 1.82) is 0 Å². The molecule has 0 radical (unpaired) electrons. The molecule has 7 nitrogen and oxygen atoms in total. The van der Waals surface area contributed by atoms with Gasteiger partial charge in [0.1, 0.15) is 0 Å². The van der Waals surface area contributed by atoms with Gasteiger partial charge in [-0.05, 0) is 12.8 Å². The quantitative estimate of drug-likeness (QED) is 0.352. The van der Waals surface area contributed by atoms with E-state index in [0.717, 1.165) is 0 Å². The van der Waals surface area contributed by atoms with Crippen molar-refractivity contribution in [1.82, 2.24) is 0 Å². The van der Waals surface area contributed by atoms with Crippen LogP contribution in [0.4, 0.5) is 0 Å². The second-order valence-corrected chi connectivity index (χ2v) is 5.32. The van der Waals surface area contributed by atoms with E-state index >= 15 is 0 Å². The van der Waals surface area contributed by atoms with Crippen molar-refractivity contribution in [3.63, 3.8) is 0 Å². The Labute approximate surface area is 112 Å². The molecule has 0 aliphatic carbocycles. The molecule has 112 valence electrons. The molecule has 0 fully saturated rings. The smallest absolute Gasteiger partial charge is 0.325 e. The Morgan fingerprint density at radius 2 is 1.79 bits per heavy atom. The standard InChI is InChI=1S/C7H14.C4H6O7S/c1-3-5-7-6-4-2;5-3(6)1-2(4(7)8)12(9,10)11/h3H,1,4-7H2,2H3;2H,1H2,(H,5,6)(H,7,8)(H,9,10,11). The number of aliphatic carboxylic acids is 2. The van der Waals surface area contributed by atoms with Crippen molar-refractivity contribution in [3.05, 3.63) is 12.7 Å². The Bertz CT molecular complexity index is 386. The maximum atomic E-state index is 10.2. The summed E-state index contributed by atoms with van der Waals surface area (Å²) in [4.78, 5) is 20.0. The van der Waals surface area contributed by atoms with Crippen LogP contribution in [0.15, 0.2) is 12.7 Å². The average Bonchev–Trinajstić information content (AvgIpc) is 2.25. The Morgan fingerprint density at radius 1 is 1.26 bits per heavy atom. The van der Waals surface area contributed by atoms with Crippen LogP contribution >= 0.6 is 0 Å². The van der Waals surface area contributed by atoms with E-state index in [1.54, 1.807) is 0 Å². The monoisotopic (exact) mass is 296 g/mol. The van der Waals surface area contributed by atoms with Crippen molar-refractivity contribution in [3.8, 4) is 0 Å². The second kappa shape index (κ2) is 10.5. The highest BCUT2D eigenvalue weighted by atomic mass is 32.2. The first-order chi connectivity index (χ1) is 8.66. The van der Waals surface area contributed by atoms with Gasteiger partial charge >= 0.3 is 11.9 Å². The minimum absolute atomic E-state index is 1.16. The molecule has 0 heterocycles. The molecule has 0 aliphatic rings. The fourth-order valence-electron chi connectivity index (χ4n) is 1.02. The summed E-state index contributed by atoms with van der Waals surface area (Å²) < 4.78 is 28.7. The third-order valence-corrected chi connectivity index (χ3v) is 3.09. The predicted molar refractivity (Wildman–Crippen MR) is 69.6 cm³/mol. The van der Waals surface area contributed by atoms with Gasteiger partial charge in [-0.2, -0.15) is 8.42 Å². The molecule has 0 aromatic carbocycles. The number of unbranched alkanes of at least 4 members (excludes halogenated alkanes) is 3. The van der Waals surface area contributed by atoms with Crippen LogP contribution in [0.3, 0.4) is 0 Å². The van der Waals surface area contributed by atoms with E-state index < -0.39 is 33.7 Å². The molecule has 0 bridgehead atoms. The summed E-state index contributed by atoms with van der Waals surface area (Å²) in [6.45, 7) is 5.84. The molecule has 0 amide bonds. The first kappa shape index (κ1) is 19.9. The van der Waals surface area contributed by atoms with Gasteiger partial charge in [-0.1, -0.05) is 25.8 Å². The number of carboxylic acid groups (broad SMARTS) is 2. The van der Waals surface area contributed by atoms with Crippen LogP contribution in [0, 0.1) is 0 Å². The van der Waals surface area contributed by atoms with Crippen molar-refractivity contribution >= 4 is 22.1 Å². The van der Waals surface area contributed by atoms with E-state index in [4.69, 9.17) is 14.8 Å². The highest BCUT2D eigenvalue weighted by Crippen LogP contribution is 2.04. The first-order valence-electron chi connectivity index (χ1n) is 5.68. The summed E-state index contributed by atoms with van der Waals surface area (Å²) in [6.07, 6.45) is 6.00. The summed E-state index contributed by atoms with van der Waals surface area (Å²) in [5, 5.41) is 13.9. The summed E-state index contributed by atoms with van der Waals surface area (Å²) in [7, 11) is -4.84. The van der Waals surface area contributed by atoms with E-state index in [1.165, 1.54) is 25.7 Å². The SMILES string of the molecule is C=CCCCCC.O=C(O)CC(C(=O)O)S(=O)(=O)O. The number of carbonyl (C=O) groups is 2. The predicted octanol–water partition coefficient (Wildman–Crippen LogP) is 1.55. The molecule has 0 saturated heterocycles. The van der Waals surface area contributed by atoms with Crippen LogP contribution in [0.1, 0.15) is 39.0 Å². The average molecular weight is 296 g/mol. The van der Waals surface area contributed by atoms with Gasteiger partial charge in [0.25, 0.3) is 10.1 Å². The van der Waals surface area contributed by atoms with Crippen LogP contribution in [-0.4, -0.2) is 40.4 Å². The third kappa shape index (κ3) is 12.8. The zero-order valence-electron chi connectivity index (χ0n) is 10.8. The van der Waals surface area contributed by atoms with Crippen LogP contribution in [-0.2, 0) is 19.7 Å². The lowest BCUT2D eigenvalue weighted by atomic mass is 10.2. The molecule has 0 saturated carbocycles. The van der Waals surface area contributed by atoms with Gasteiger partial charge < -0.3 is 10.2 Å². The van der Waals surface area contributed by atoms with Gasteiger partial charge in [0.15, 0.2) is 5.25 Å². The zero-order chi connectivity index (χ0) is 15.5. The van der Waals surface area contributed by atoms with Gasteiger partial charge in [0.2, 0.25) is 0 Å². The number of rotatable bonds is 8. The van der Waals surface area contributed by atoms with E-state index in [-0.39, 0.29) is 0 Å². The van der Waals surface area contributed by atoms with Gasteiger partial charge in [-0.25, -0.2) is 0 Å². The van der Waals surface area contributed by atoms with Crippen LogP contribution in [0.5, 0.6) is 0 Å². The lowest BCUT2D eigenvalue weighted by Crippen LogP contribution is -2.31. The number of hydrogen-bond donors (Lipinski definition) is 3. The van der Waals surface area contributed by atoms with Crippen molar-refractivity contribution in [2.24, 2.45) is 0 Å². The number of carboxylic acids is 2. The number of hydrogen-bond acceptors (Lipinski definition) is 4. The van der Waals surface area contributed by atoms with E-state index in [0.29, 0.717) is 0 Å². The molecular formula is C11H20O7S. The van der Waals surface area contributed by atoms with Crippen LogP contribution in [0.2, 0.25) is 0 Å². The minimum atomic E-state index is -4.84. The van der Waals surface area contributed by atoms with E-state index in [9.17, 15) is 18.0 Å². The molecule has 8 heteroatoms. The molecular weight excluding hydrogens is 276 g/mol. The Balaban J connectivity index is 0. The van der Waals surface area contributed by atoms with Gasteiger partial charge in [0, 0.05) is 0 Å². The number of allylic oxidation sites excluding steroid dienone is 1. The van der Waals surface area contributed by atoms with Crippen molar-refractivity contribution < 1.29 is 32.8 Å². The second-order valence-electron chi connectivity index (χ2n) is 3.72.